The Hall–Kier alpha value is -1.95. The van der Waals surface area contributed by atoms with Crippen molar-refractivity contribution < 1.29 is 0 Å². The van der Waals surface area contributed by atoms with E-state index in [1.54, 1.807) is 0 Å². The van der Waals surface area contributed by atoms with Crippen LogP contribution in [0.3, 0.4) is 0 Å². The molecule has 2 aromatic heterocycles. The molecule has 2 aromatic rings. The summed E-state index contributed by atoms with van der Waals surface area (Å²) in [5, 5.41) is 4.27. The van der Waals surface area contributed by atoms with E-state index in [1.165, 1.54) is 36.2 Å². The first-order chi connectivity index (χ1) is 10.7. The molecule has 1 atom stereocenters. The lowest BCUT2D eigenvalue weighted by Crippen LogP contribution is -2.45. The molecular formula is C16H22N6. The predicted molar refractivity (Wildman–Crippen MR) is 84.2 cm³/mol. The number of nitrogens with two attached hydrogens (primary N) is 1. The fourth-order valence-electron chi connectivity index (χ4n) is 4.10. The quantitative estimate of drug-likeness (QED) is 0.904. The number of aryl methyl sites for hydroxylation is 2. The summed E-state index contributed by atoms with van der Waals surface area (Å²) in [6.07, 6.45) is 8.46. The highest BCUT2D eigenvalue weighted by Crippen LogP contribution is 2.44. The number of hydrogen-bond acceptors (Lipinski definition) is 5. The SMILES string of the molecule is Cn1nccc1CN1CCCC2(CCc3cnc(N)nc32)C1. The van der Waals surface area contributed by atoms with Gasteiger partial charge in [-0.2, -0.15) is 5.10 Å². The zero-order valence-corrected chi connectivity index (χ0v) is 13.0. The molecule has 1 aliphatic heterocycles. The van der Waals surface area contributed by atoms with Gasteiger partial charge >= 0.3 is 0 Å². The number of fused-ring (bicyclic) bond motifs is 2. The van der Waals surface area contributed by atoms with Crippen molar-refractivity contribution in [3.05, 3.63) is 35.4 Å². The molecule has 0 amide bonds. The Balaban J connectivity index is 1.59. The molecule has 0 radical (unpaired) electrons. The monoisotopic (exact) mass is 298 g/mol. The van der Waals surface area contributed by atoms with Crippen LogP contribution >= 0.6 is 0 Å². The van der Waals surface area contributed by atoms with Crippen molar-refractivity contribution in [1.82, 2.24) is 24.6 Å². The van der Waals surface area contributed by atoms with E-state index in [2.05, 4.69) is 26.0 Å². The maximum atomic E-state index is 5.84. The van der Waals surface area contributed by atoms with Gasteiger partial charge in [0, 0.05) is 37.9 Å². The first-order valence-corrected chi connectivity index (χ1v) is 7.97. The summed E-state index contributed by atoms with van der Waals surface area (Å²) in [5.74, 6) is 0.406. The number of nitrogen functional groups attached to an aromatic ring is 1. The van der Waals surface area contributed by atoms with Gasteiger partial charge in [-0.3, -0.25) is 9.58 Å². The van der Waals surface area contributed by atoms with Gasteiger partial charge in [-0.15, -0.1) is 0 Å². The third-order valence-electron chi connectivity index (χ3n) is 5.22. The van der Waals surface area contributed by atoms with E-state index in [-0.39, 0.29) is 5.41 Å². The molecule has 6 nitrogen and oxygen atoms in total. The van der Waals surface area contributed by atoms with Gasteiger partial charge in [0.05, 0.1) is 11.4 Å². The number of nitrogens with zero attached hydrogens (tertiary/aromatic N) is 5. The van der Waals surface area contributed by atoms with Crippen molar-refractivity contribution >= 4 is 5.95 Å². The number of rotatable bonds is 2. The van der Waals surface area contributed by atoms with Gasteiger partial charge in [-0.1, -0.05) is 0 Å². The normalized spacial score (nSPS) is 24.8. The third-order valence-corrected chi connectivity index (χ3v) is 5.22. The van der Waals surface area contributed by atoms with Crippen LogP contribution in [0.25, 0.3) is 0 Å². The molecule has 2 N–H and O–H groups in total. The lowest BCUT2D eigenvalue weighted by molar-refractivity contribution is 0.134. The molecule has 1 aliphatic carbocycles. The number of aromatic nitrogens is 4. The smallest absolute Gasteiger partial charge is 0.220 e. The van der Waals surface area contributed by atoms with Crippen molar-refractivity contribution in [2.75, 3.05) is 18.8 Å². The van der Waals surface area contributed by atoms with Crippen LogP contribution in [-0.4, -0.2) is 37.7 Å². The number of hydrogen-bond donors (Lipinski definition) is 1. The van der Waals surface area contributed by atoms with E-state index in [1.807, 2.05) is 24.1 Å². The topological polar surface area (TPSA) is 72.9 Å². The molecule has 1 unspecified atom stereocenters. The highest BCUT2D eigenvalue weighted by Gasteiger charge is 2.43. The Labute approximate surface area is 130 Å². The van der Waals surface area contributed by atoms with Crippen molar-refractivity contribution in [3.8, 4) is 0 Å². The lowest BCUT2D eigenvalue weighted by Gasteiger charge is -2.40. The van der Waals surface area contributed by atoms with Gasteiger partial charge in [0.15, 0.2) is 0 Å². The standard InChI is InChI=1S/C16H22N6/c1-21-13(4-7-19-21)10-22-8-2-5-16(11-22)6-3-12-9-18-15(17)20-14(12)16/h4,7,9H,2-3,5-6,8,10-11H2,1H3,(H2,17,18,20). The Morgan fingerprint density at radius 3 is 3.09 bits per heavy atom. The van der Waals surface area contributed by atoms with Crippen molar-refractivity contribution in [1.29, 1.82) is 0 Å². The van der Waals surface area contributed by atoms with Crippen LogP contribution in [0.1, 0.15) is 36.2 Å². The molecule has 4 rings (SSSR count). The van der Waals surface area contributed by atoms with Crippen LogP contribution in [-0.2, 0) is 25.4 Å². The zero-order chi connectivity index (χ0) is 15.2. The number of anilines is 1. The van der Waals surface area contributed by atoms with Crippen LogP contribution in [0.2, 0.25) is 0 Å². The van der Waals surface area contributed by atoms with Gasteiger partial charge in [0.2, 0.25) is 5.95 Å². The fraction of sp³-hybridized carbons (Fsp3) is 0.562. The summed E-state index contributed by atoms with van der Waals surface area (Å²) in [4.78, 5) is 11.3. The zero-order valence-electron chi connectivity index (χ0n) is 13.0. The summed E-state index contributed by atoms with van der Waals surface area (Å²) < 4.78 is 1.96. The molecule has 0 saturated carbocycles. The summed E-state index contributed by atoms with van der Waals surface area (Å²) in [6.45, 7) is 3.15. The lowest BCUT2D eigenvalue weighted by atomic mass is 9.77. The Morgan fingerprint density at radius 2 is 2.27 bits per heavy atom. The van der Waals surface area contributed by atoms with E-state index >= 15 is 0 Å². The molecule has 0 aromatic carbocycles. The van der Waals surface area contributed by atoms with E-state index in [0.29, 0.717) is 5.95 Å². The third kappa shape index (κ3) is 2.18. The molecule has 1 fully saturated rings. The van der Waals surface area contributed by atoms with Crippen molar-refractivity contribution in [2.45, 2.75) is 37.6 Å². The van der Waals surface area contributed by atoms with Gasteiger partial charge in [0.1, 0.15) is 0 Å². The molecule has 0 bridgehead atoms. The average molecular weight is 298 g/mol. The minimum Gasteiger partial charge on any atom is -0.368 e. The van der Waals surface area contributed by atoms with E-state index in [4.69, 9.17) is 5.73 Å². The molecule has 22 heavy (non-hydrogen) atoms. The maximum absolute atomic E-state index is 5.84. The highest BCUT2D eigenvalue weighted by atomic mass is 15.3. The van der Waals surface area contributed by atoms with Gasteiger partial charge in [-0.25, -0.2) is 9.97 Å². The minimum atomic E-state index is 0.170. The molecular weight excluding hydrogens is 276 g/mol. The van der Waals surface area contributed by atoms with Gasteiger partial charge in [-0.05, 0) is 43.9 Å². The molecule has 1 spiro atoms. The van der Waals surface area contributed by atoms with E-state index in [0.717, 1.165) is 26.1 Å². The van der Waals surface area contributed by atoms with Crippen molar-refractivity contribution in [2.24, 2.45) is 7.05 Å². The fourth-order valence-corrected chi connectivity index (χ4v) is 4.10. The van der Waals surface area contributed by atoms with Crippen LogP contribution < -0.4 is 5.73 Å². The minimum absolute atomic E-state index is 0.170. The van der Waals surface area contributed by atoms with Crippen molar-refractivity contribution in [3.63, 3.8) is 0 Å². The molecule has 1 saturated heterocycles. The summed E-state index contributed by atoms with van der Waals surface area (Å²) >= 11 is 0. The number of likely N-dealkylation sites (tertiary alicyclic amines) is 1. The molecule has 116 valence electrons. The maximum Gasteiger partial charge on any atom is 0.220 e. The Kier molecular flexibility index (Phi) is 3.14. The van der Waals surface area contributed by atoms with Crippen LogP contribution in [0.4, 0.5) is 5.95 Å². The largest absolute Gasteiger partial charge is 0.368 e. The second-order valence-electron chi connectivity index (χ2n) is 6.64. The summed E-state index contributed by atoms with van der Waals surface area (Å²) in [5.41, 5.74) is 9.76. The summed E-state index contributed by atoms with van der Waals surface area (Å²) in [6, 6.07) is 2.10. The van der Waals surface area contributed by atoms with Crippen LogP contribution in [0.5, 0.6) is 0 Å². The average Bonchev–Trinajstić information content (AvgIpc) is 3.05. The van der Waals surface area contributed by atoms with Crippen LogP contribution in [0, 0.1) is 0 Å². The first kappa shape index (κ1) is 13.7. The highest BCUT2D eigenvalue weighted by molar-refractivity contribution is 5.37. The van der Waals surface area contributed by atoms with Gasteiger partial charge < -0.3 is 5.73 Å². The van der Waals surface area contributed by atoms with Gasteiger partial charge in [0.25, 0.3) is 0 Å². The van der Waals surface area contributed by atoms with E-state index in [9.17, 15) is 0 Å². The molecule has 6 heteroatoms. The summed E-state index contributed by atoms with van der Waals surface area (Å²) in [7, 11) is 2.01. The van der Waals surface area contributed by atoms with E-state index < -0.39 is 0 Å². The molecule has 3 heterocycles. The molecule has 2 aliphatic rings. The Morgan fingerprint density at radius 1 is 1.36 bits per heavy atom. The Bertz CT molecular complexity index is 690. The second kappa shape index (κ2) is 5.05. The first-order valence-electron chi connectivity index (χ1n) is 7.97. The number of piperidine rings is 1. The predicted octanol–water partition coefficient (Wildman–Crippen LogP) is 1.27. The second-order valence-corrected chi connectivity index (χ2v) is 6.64. The van der Waals surface area contributed by atoms with Crippen LogP contribution in [0.15, 0.2) is 18.5 Å².